The fourth-order valence-corrected chi connectivity index (χ4v) is 3.28. The molecule has 3 heteroatoms. The minimum atomic E-state index is 0. The average molecular weight is 319 g/mol. The number of halogens is 2. The van der Waals surface area contributed by atoms with E-state index in [-0.39, 0.29) is 24.8 Å². The van der Waals surface area contributed by atoms with E-state index in [0.29, 0.717) is 5.92 Å². The van der Waals surface area contributed by atoms with Crippen LogP contribution in [0, 0.1) is 6.92 Å². The van der Waals surface area contributed by atoms with E-state index in [1.54, 1.807) is 33.6 Å². The van der Waals surface area contributed by atoms with Gasteiger partial charge < -0.3 is 24.8 Å². The van der Waals surface area contributed by atoms with Crippen LogP contribution in [0.25, 0.3) is 6.08 Å². The molecule has 1 unspecified atom stereocenters. The van der Waals surface area contributed by atoms with E-state index >= 15 is 0 Å². The monoisotopic (exact) mass is 317 g/mol. The van der Waals surface area contributed by atoms with Gasteiger partial charge in [-0.2, -0.15) is 0 Å². The third-order valence-corrected chi connectivity index (χ3v) is 3.92. The van der Waals surface area contributed by atoms with Crippen LogP contribution in [-0.4, -0.2) is 0 Å². The summed E-state index contributed by atoms with van der Waals surface area (Å²) in [4.78, 5) is 0. The van der Waals surface area contributed by atoms with Crippen molar-refractivity contribution >= 4 is 6.08 Å². The molecule has 0 spiro atoms. The van der Waals surface area contributed by atoms with Gasteiger partial charge in [-0.3, -0.25) is 0 Å². The second-order valence-corrected chi connectivity index (χ2v) is 5.11. The Bertz CT molecular complexity index is 372. The summed E-state index contributed by atoms with van der Waals surface area (Å²) in [5.74, 6) is 0.716. The van der Waals surface area contributed by atoms with E-state index in [2.05, 4.69) is 38.1 Å². The first-order chi connectivity index (χ1) is 6.22. The predicted molar refractivity (Wildman–Crippen MR) is 52.2 cm³/mol. The first-order valence-corrected chi connectivity index (χ1v) is 5.99. The number of benzene rings is 1. The molecule has 2 rings (SSSR count). The molecule has 1 atom stereocenters. The van der Waals surface area contributed by atoms with Crippen LogP contribution in [0.3, 0.4) is 0 Å². The summed E-state index contributed by atoms with van der Waals surface area (Å²) < 4.78 is 1.61. The summed E-state index contributed by atoms with van der Waals surface area (Å²) in [5, 5.41) is 0. The van der Waals surface area contributed by atoms with E-state index in [0.717, 1.165) is 0 Å². The van der Waals surface area contributed by atoms with Crippen LogP contribution in [0.15, 0.2) is 21.5 Å². The molecular weight excluding hydrogens is 306 g/mol. The largest absolute Gasteiger partial charge is 1.00 e. The fourth-order valence-electron chi connectivity index (χ4n) is 2.01. The Morgan fingerprint density at radius 1 is 1.27 bits per heavy atom. The van der Waals surface area contributed by atoms with Crippen LogP contribution in [0.1, 0.15) is 36.0 Å². The smallest absolute Gasteiger partial charge is 1.00 e. The summed E-state index contributed by atoms with van der Waals surface area (Å²) in [6.07, 6.45) is 3.61. The molecule has 0 radical (unpaired) electrons. The second-order valence-electron chi connectivity index (χ2n) is 3.69. The number of aryl methyl sites for hydroxylation is 1. The molecule has 1 aromatic carbocycles. The zero-order chi connectivity index (χ0) is 9.42. The van der Waals surface area contributed by atoms with Crippen LogP contribution in [-0.2, 0) is 24.7 Å². The summed E-state index contributed by atoms with van der Waals surface area (Å²) in [7, 11) is 0. The van der Waals surface area contributed by atoms with Crippen molar-refractivity contribution in [3.8, 4) is 0 Å². The molecule has 15 heavy (non-hydrogen) atoms. The minimum Gasteiger partial charge on any atom is -1.00 e. The van der Waals surface area contributed by atoms with E-state index in [9.17, 15) is 0 Å². The molecule has 0 amide bonds. The average Bonchev–Trinajstić information content (AvgIpc) is 2.39. The fraction of sp³-hybridized carbons (Fsp3) is 0.333. The zero-order valence-electron chi connectivity index (χ0n) is 8.85. The maximum absolute atomic E-state index is 2.37. The second kappa shape index (κ2) is 6.23. The van der Waals surface area contributed by atoms with E-state index in [4.69, 9.17) is 0 Å². The van der Waals surface area contributed by atoms with Gasteiger partial charge in [0, 0.05) is 0 Å². The van der Waals surface area contributed by atoms with Gasteiger partial charge in [-0.1, -0.05) is 0 Å². The van der Waals surface area contributed by atoms with Gasteiger partial charge in [0.1, 0.15) is 0 Å². The SMILES string of the molecule is CCC1[C]([Zr+2])=Cc2cc(C)ccc21.[Cl-].[Cl-]. The normalized spacial score (nSPS) is 17.3. The number of fused-ring (bicyclic) bond motifs is 1. The maximum atomic E-state index is 2.37. The van der Waals surface area contributed by atoms with Crippen molar-refractivity contribution < 1.29 is 49.5 Å². The van der Waals surface area contributed by atoms with Crippen LogP contribution in [0.5, 0.6) is 0 Å². The minimum absolute atomic E-state index is 0. The molecule has 0 saturated carbocycles. The summed E-state index contributed by atoms with van der Waals surface area (Å²) >= 11 is 1.57. The maximum Gasteiger partial charge on any atom is -1.00 e. The third-order valence-electron chi connectivity index (χ3n) is 2.71. The number of hydrogen-bond donors (Lipinski definition) is 0. The third kappa shape index (κ3) is 2.96. The van der Waals surface area contributed by atoms with Gasteiger partial charge in [-0.25, -0.2) is 0 Å². The number of hydrogen-bond acceptors (Lipinski definition) is 0. The quantitative estimate of drug-likeness (QED) is 0.533. The molecule has 0 nitrogen and oxygen atoms in total. The van der Waals surface area contributed by atoms with Gasteiger partial charge in [0.15, 0.2) is 0 Å². The van der Waals surface area contributed by atoms with Gasteiger partial charge in [-0.15, -0.1) is 0 Å². The Balaban J connectivity index is 0.000000980. The van der Waals surface area contributed by atoms with Gasteiger partial charge in [0.25, 0.3) is 0 Å². The van der Waals surface area contributed by atoms with Crippen molar-refractivity contribution in [2.45, 2.75) is 26.2 Å². The Hall–Kier alpha value is 0.423. The molecule has 0 bridgehead atoms. The van der Waals surface area contributed by atoms with Crippen LogP contribution in [0.4, 0.5) is 0 Å². The van der Waals surface area contributed by atoms with Crippen molar-refractivity contribution in [2.75, 3.05) is 0 Å². The van der Waals surface area contributed by atoms with E-state index < -0.39 is 0 Å². The predicted octanol–water partition coefficient (Wildman–Crippen LogP) is -2.60. The molecule has 0 fully saturated rings. The number of rotatable bonds is 1. The molecule has 0 aliphatic heterocycles. The van der Waals surface area contributed by atoms with Crippen molar-refractivity contribution in [3.63, 3.8) is 0 Å². The van der Waals surface area contributed by atoms with E-state index in [1.807, 2.05) is 0 Å². The van der Waals surface area contributed by atoms with Crippen LogP contribution in [0.2, 0.25) is 0 Å². The summed E-state index contributed by atoms with van der Waals surface area (Å²) in [6.45, 7) is 4.44. The van der Waals surface area contributed by atoms with Crippen molar-refractivity contribution in [1.29, 1.82) is 0 Å². The molecule has 1 aliphatic carbocycles. The molecule has 1 aliphatic rings. The summed E-state index contributed by atoms with van der Waals surface area (Å²) in [5.41, 5.74) is 4.37. The molecule has 1 aromatic rings. The Morgan fingerprint density at radius 2 is 1.93 bits per heavy atom. The Kier molecular flexibility index (Phi) is 6.41. The first-order valence-electron chi connectivity index (χ1n) is 4.76. The first kappa shape index (κ1) is 15.4. The van der Waals surface area contributed by atoms with Crippen molar-refractivity contribution in [2.24, 2.45) is 0 Å². The zero-order valence-corrected chi connectivity index (χ0v) is 12.8. The summed E-state index contributed by atoms with van der Waals surface area (Å²) in [6, 6.07) is 6.82. The van der Waals surface area contributed by atoms with Gasteiger partial charge >= 0.3 is 95.2 Å². The molecule has 0 N–H and O–H groups in total. The molecular formula is C12H13Cl2Zr. The van der Waals surface area contributed by atoms with Gasteiger partial charge in [-0.05, 0) is 0 Å². The molecule has 0 saturated heterocycles. The molecule has 79 valence electrons. The molecule has 0 heterocycles. The van der Waals surface area contributed by atoms with Gasteiger partial charge in [0.05, 0.1) is 0 Å². The van der Waals surface area contributed by atoms with Gasteiger partial charge in [0.2, 0.25) is 0 Å². The standard InChI is InChI=1S/C12H13.2ClH.Zr/c1-3-10-5-6-11-8-9(2)4-7-12(10)11;;;/h4,6-8,10H,3H2,1-2H3;2*1H;/q;;;+2/p-2. The van der Waals surface area contributed by atoms with Crippen LogP contribution >= 0.6 is 0 Å². The molecule has 0 aromatic heterocycles. The number of allylic oxidation sites excluding steroid dienone is 1. The Labute approximate surface area is 119 Å². The Morgan fingerprint density at radius 3 is 2.53 bits per heavy atom. The van der Waals surface area contributed by atoms with E-state index in [1.165, 1.54) is 17.5 Å². The van der Waals surface area contributed by atoms with Crippen LogP contribution < -0.4 is 24.8 Å². The van der Waals surface area contributed by atoms with Crippen molar-refractivity contribution in [1.82, 2.24) is 0 Å². The topological polar surface area (TPSA) is 0 Å². The van der Waals surface area contributed by atoms with Crippen molar-refractivity contribution in [3.05, 3.63) is 38.2 Å².